The number of nitrogens with zero attached hydrogens (tertiary/aromatic N) is 5. The summed E-state index contributed by atoms with van der Waals surface area (Å²) in [6.07, 6.45) is 0.828. The molecule has 0 unspecified atom stereocenters. The minimum absolute atomic E-state index is 0.0685. The molecule has 0 radical (unpaired) electrons. The Morgan fingerprint density at radius 3 is 2.62 bits per heavy atom. The van der Waals surface area contributed by atoms with Gasteiger partial charge < -0.3 is 14.6 Å². The third-order valence-electron chi connectivity index (χ3n) is 4.82. The van der Waals surface area contributed by atoms with E-state index in [1.54, 1.807) is 24.3 Å². The first kappa shape index (κ1) is 23.2. The zero-order chi connectivity index (χ0) is 23.1. The number of hydrogen-bond donors (Lipinski definition) is 1. The summed E-state index contributed by atoms with van der Waals surface area (Å²) in [5, 5.41) is 19.1. The van der Waals surface area contributed by atoms with E-state index in [0.29, 0.717) is 24.3 Å². The van der Waals surface area contributed by atoms with Crippen LogP contribution in [0.2, 0.25) is 0 Å². The van der Waals surface area contributed by atoms with Crippen molar-refractivity contribution in [2.75, 3.05) is 56.5 Å². The number of carbonyl (C=O) groups excluding carboxylic acids is 1. The summed E-state index contributed by atoms with van der Waals surface area (Å²) in [5.41, 5.74) is -0.461. The molecule has 1 aromatic heterocycles. The van der Waals surface area contributed by atoms with Gasteiger partial charge in [-0.15, -0.1) is 0 Å². The second kappa shape index (κ2) is 10.7. The van der Waals surface area contributed by atoms with E-state index in [4.69, 9.17) is 19.8 Å². The van der Waals surface area contributed by atoms with Gasteiger partial charge in [0, 0.05) is 25.6 Å². The zero-order valence-electron chi connectivity index (χ0n) is 17.7. The Morgan fingerprint density at radius 1 is 1.25 bits per heavy atom. The van der Waals surface area contributed by atoms with Crippen LogP contribution in [-0.4, -0.2) is 67.2 Å². The van der Waals surface area contributed by atoms with Gasteiger partial charge in [-0.3, -0.25) is 19.5 Å². The molecule has 1 saturated heterocycles. The highest BCUT2D eigenvalue weighted by molar-refractivity contribution is 5.94. The summed E-state index contributed by atoms with van der Waals surface area (Å²) in [6.45, 7) is 0.830. The summed E-state index contributed by atoms with van der Waals surface area (Å²) < 4.78 is 26.9. The SMILES string of the molecule is CN(CC#N)n1c(-c2ccc(OCCOCCO)cc2)c(F)nc(N2CCCC2=O)c1=O. The lowest BCUT2D eigenvalue weighted by molar-refractivity contribution is -0.117. The Balaban J connectivity index is 1.95. The number of halogens is 1. The molecule has 1 aliphatic rings. The van der Waals surface area contributed by atoms with Crippen molar-refractivity contribution < 1.29 is 23.8 Å². The van der Waals surface area contributed by atoms with E-state index in [1.807, 2.05) is 6.07 Å². The Labute approximate surface area is 184 Å². The fraction of sp³-hybridized carbons (Fsp3) is 0.429. The maximum Gasteiger partial charge on any atom is 0.313 e. The van der Waals surface area contributed by atoms with Gasteiger partial charge in [-0.25, -0.2) is 4.68 Å². The van der Waals surface area contributed by atoms with E-state index < -0.39 is 11.5 Å². The number of aromatic nitrogens is 2. The van der Waals surface area contributed by atoms with Gasteiger partial charge in [-0.2, -0.15) is 14.6 Å². The van der Waals surface area contributed by atoms with Crippen LogP contribution in [0, 0.1) is 17.3 Å². The van der Waals surface area contributed by atoms with Crippen LogP contribution < -0.4 is 20.2 Å². The van der Waals surface area contributed by atoms with Crippen LogP contribution in [0.3, 0.4) is 0 Å². The highest BCUT2D eigenvalue weighted by Crippen LogP contribution is 2.26. The van der Waals surface area contributed by atoms with Gasteiger partial charge in [0.05, 0.1) is 25.9 Å². The molecule has 170 valence electrons. The predicted molar refractivity (Wildman–Crippen MR) is 113 cm³/mol. The molecule has 2 aromatic rings. The van der Waals surface area contributed by atoms with E-state index in [-0.39, 0.29) is 56.7 Å². The minimum atomic E-state index is -0.935. The number of nitriles is 1. The molecule has 1 aliphatic heterocycles. The fourth-order valence-electron chi connectivity index (χ4n) is 3.36. The highest BCUT2D eigenvalue weighted by Gasteiger charge is 2.29. The van der Waals surface area contributed by atoms with Crippen molar-refractivity contribution in [1.29, 1.82) is 5.26 Å². The molecule has 0 atom stereocenters. The van der Waals surface area contributed by atoms with E-state index >= 15 is 4.39 Å². The summed E-state index contributed by atoms with van der Waals surface area (Å²) in [5.74, 6) is -1.01. The summed E-state index contributed by atoms with van der Waals surface area (Å²) in [7, 11) is 1.48. The van der Waals surface area contributed by atoms with Crippen LogP contribution in [0.15, 0.2) is 29.1 Å². The van der Waals surface area contributed by atoms with Crippen molar-refractivity contribution in [3.63, 3.8) is 0 Å². The quantitative estimate of drug-likeness (QED) is 0.418. The molecule has 3 rings (SSSR count). The average Bonchev–Trinajstić information content (AvgIpc) is 3.21. The number of aliphatic hydroxyl groups excluding tert-OH is 1. The molecule has 0 aliphatic carbocycles. The van der Waals surface area contributed by atoms with E-state index in [1.165, 1.54) is 17.0 Å². The standard InChI is InChI=1S/C21H24FN5O5/c1-25(10-8-23)27-18(15-4-6-16(7-5-15)32-14-13-31-12-11-28)19(22)24-20(21(27)30)26-9-2-3-17(26)29/h4-7,28H,2-3,9-14H2,1H3. The van der Waals surface area contributed by atoms with Crippen molar-refractivity contribution in [2.45, 2.75) is 12.8 Å². The number of amides is 1. The lowest BCUT2D eigenvalue weighted by atomic mass is 10.1. The van der Waals surface area contributed by atoms with Crippen molar-refractivity contribution in [3.8, 4) is 23.1 Å². The molecule has 1 N–H and O–H groups in total. The number of ether oxygens (including phenoxy) is 2. The van der Waals surface area contributed by atoms with Crippen molar-refractivity contribution >= 4 is 11.7 Å². The van der Waals surface area contributed by atoms with Crippen molar-refractivity contribution in [2.24, 2.45) is 0 Å². The molecule has 32 heavy (non-hydrogen) atoms. The zero-order valence-corrected chi connectivity index (χ0v) is 17.7. The van der Waals surface area contributed by atoms with Crippen LogP contribution >= 0.6 is 0 Å². The molecule has 1 aromatic carbocycles. The first-order valence-electron chi connectivity index (χ1n) is 10.1. The van der Waals surface area contributed by atoms with Gasteiger partial charge in [-0.05, 0) is 30.7 Å². The highest BCUT2D eigenvalue weighted by atomic mass is 19.1. The van der Waals surface area contributed by atoms with Crippen molar-refractivity contribution in [3.05, 3.63) is 40.6 Å². The first-order valence-corrected chi connectivity index (χ1v) is 10.1. The largest absolute Gasteiger partial charge is 0.491 e. The Bertz CT molecular complexity index is 1050. The Kier molecular flexibility index (Phi) is 7.75. The maximum atomic E-state index is 15.2. The predicted octanol–water partition coefficient (Wildman–Crippen LogP) is 0.655. The number of aliphatic hydroxyl groups is 1. The van der Waals surface area contributed by atoms with Gasteiger partial charge in [0.25, 0.3) is 0 Å². The summed E-state index contributed by atoms with van der Waals surface area (Å²) in [4.78, 5) is 30.3. The number of anilines is 1. The minimum Gasteiger partial charge on any atom is -0.491 e. The van der Waals surface area contributed by atoms with Crippen LogP contribution in [0.25, 0.3) is 11.3 Å². The maximum absolute atomic E-state index is 15.2. The Morgan fingerprint density at radius 2 is 2.00 bits per heavy atom. The first-order chi connectivity index (χ1) is 15.5. The normalized spacial score (nSPS) is 13.3. The van der Waals surface area contributed by atoms with Gasteiger partial charge in [0.1, 0.15) is 24.6 Å². The van der Waals surface area contributed by atoms with Gasteiger partial charge >= 0.3 is 5.56 Å². The molecule has 0 bridgehead atoms. The molecule has 2 heterocycles. The molecule has 11 heteroatoms. The third kappa shape index (κ3) is 5.04. The molecule has 1 fully saturated rings. The van der Waals surface area contributed by atoms with Crippen LogP contribution in [-0.2, 0) is 9.53 Å². The fourth-order valence-corrected chi connectivity index (χ4v) is 3.36. The molecule has 0 saturated carbocycles. The van der Waals surface area contributed by atoms with Gasteiger partial charge in [-0.1, -0.05) is 0 Å². The number of carbonyl (C=O) groups is 1. The van der Waals surface area contributed by atoms with E-state index in [2.05, 4.69) is 4.98 Å². The van der Waals surface area contributed by atoms with Gasteiger partial charge in [0.15, 0.2) is 0 Å². The lowest BCUT2D eigenvalue weighted by Crippen LogP contribution is -2.44. The lowest BCUT2D eigenvalue weighted by Gasteiger charge is -2.25. The second-order valence-electron chi connectivity index (χ2n) is 7.02. The monoisotopic (exact) mass is 445 g/mol. The molecular weight excluding hydrogens is 421 g/mol. The van der Waals surface area contributed by atoms with Crippen molar-refractivity contribution in [1.82, 2.24) is 9.66 Å². The van der Waals surface area contributed by atoms with Crippen LogP contribution in [0.5, 0.6) is 5.75 Å². The number of hydrogen-bond acceptors (Lipinski definition) is 8. The third-order valence-corrected chi connectivity index (χ3v) is 4.82. The molecular formula is C21H24FN5O5. The average molecular weight is 445 g/mol. The number of rotatable bonds is 10. The molecule has 1 amide bonds. The van der Waals surface area contributed by atoms with Crippen LogP contribution in [0.1, 0.15) is 12.8 Å². The second-order valence-corrected chi connectivity index (χ2v) is 7.02. The topological polar surface area (TPSA) is 121 Å². The smallest absolute Gasteiger partial charge is 0.313 e. The van der Waals surface area contributed by atoms with E-state index in [9.17, 15) is 9.59 Å². The van der Waals surface area contributed by atoms with Crippen LogP contribution in [0.4, 0.5) is 10.2 Å². The molecule has 0 spiro atoms. The van der Waals surface area contributed by atoms with E-state index in [0.717, 1.165) is 4.68 Å². The Hall–Kier alpha value is -3.49. The number of benzene rings is 1. The summed E-state index contributed by atoms with van der Waals surface area (Å²) >= 11 is 0. The van der Waals surface area contributed by atoms with Gasteiger partial charge in [0.2, 0.25) is 17.7 Å². The molecule has 10 nitrogen and oxygen atoms in total. The summed E-state index contributed by atoms with van der Waals surface area (Å²) in [6, 6.07) is 8.29.